The van der Waals surface area contributed by atoms with Crippen molar-refractivity contribution < 1.29 is 4.79 Å². The van der Waals surface area contributed by atoms with Crippen LogP contribution in [-0.2, 0) is 5.75 Å². The van der Waals surface area contributed by atoms with Crippen molar-refractivity contribution in [3.8, 4) is 0 Å². The molecule has 2 bridgehead atoms. The molecule has 0 unspecified atom stereocenters. The highest BCUT2D eigenvalue weighted by atomic mass is 35.5. The summed E-state index contributed by atoms with van der Waals surface area (Å²) in [4.78, 5) is 13.0. The van der Waals surface area contributed by atoms with E-state index < -0.39 is 0 Å². The van der Waals surface area contributed by atoms with Gasteiger partial charge in [-0.2, -0.15) is 11.8 Å². The van der Waals surface area contributed by atoms with Gasteiger partial charge in [-0.05, 0) is 90.0 Å². The number of thioether (sulfide) groups is 1. The second-order valence-corrected chi connectivity index (χ2v) is 12.3. The monoisotopic (exact) mass is 536 g/mol. The molecule has 0 radical (unpaired) electrons. The Morgan fingerprint density at radius 3 is 2.67 bits per heavy atom. The molecule has 1 amide bonds. The van der Waals surface area contributed by atoms with E-state index in [2.05, 4.69) is 53.1 Å². The fourth-order valence-corrected chi connectivity index (χ4v) is 8.19. The van der Waals surface area contributed by atoms with Crippen LogP contribution in [0.3, 0.4) is 0 Å². The summed E-state index contributed by atoms with van der Waals surface area (Å²) in [5.74, 6) is 4.28. The lowest BCUT2D eigenvalue weighted by molar-refractivity contribution is 0.0956. The summed E-state index contributed by atoms with van der Waals surface area (Å²) in [6.07, 6.45) is 3.98. The van der Waals surface area contributed by atoms with Gasteiger partial charge in [-0.15, -0.1) is 0 Å². The number of hydrogen-bond donors (Lipinski definition) is 2. The summed E-state index contributed by atoms with van der Waals surface area (Å²) in [5.41, 5.74) is 5.75. The zero-order chi connectivity index (χ0) is 24.6. The van der Waals surface area contributed by atoms with Gasteiger partial charge in [0.2, 0.25) is 0 Å². The topological polar surface area (TPSA) is 41.1 Å². The number of fused-ring (bicyclic) bond motifs is 7. The molecule has 36 heavy (non-hydrogen) atoms. The molecule has 2 fully saturated rings. The van der Waals surface area contributed by atoms with Crippen molar-refractivity contribution >= 4 is 46.6 Å². The van der Waals surface area contributed by atoms with E-state index in [1.165, 1.54) is 36.1 Å². The lowest BCUT2D eigenvalue weighted by Gasteiger charge is -2.43. The van der Waals surface area contributed by atoms with Gasteiger partial charge in [-0.3, -0.25) is 4.79 Å². The van der Waals surface area contributed by atoms with Crippen molar-refractivity contribution in [3.05, 3.63) is 99.0 Å². The van der Waals surface area contributed by atoms with Crippen LogP contribution in [-0.4, -0.2) is 18.2 Å². The van der Waals surface area contributed by atoms with Crippen molar-refractivity contribution in [2.24, 2.45) is 17.8 Å². The van der Waals surface area contributed by atoms with Gasteiger partial charge >= 0.3 is 0 Å². The third kappa shape index (κ3) is 4.64. The second kappa shape index (κ2) is 10.3. The van der Waals surface area contributed by atoms with Crippen LogP contribution in [0.15, 0.2) is 66.7 Å². The van der Waals surface area contributed by atoms with Crippen LogP contribution in [0.25, 0.3) is 0 Å². The third-order valence-corrected chi connectivity index (χ3v) is 9.91. The van der Waals surface area contributed by atoms with Crippen LogP contribution >= 0.6 is 35.0 Å². The number of hydrogen-bond acceptors (Lipinski definition) is 3. The van der Waals surface area contributed by atoms with E-state index >= 15 is 0 Å². The van der Waals surface area contributed by atoms with Crippen LogP contribution in [0.4, 0.5) is 5.69 Å². The Morgan fingerprint density at radius 1 is 1.00 bits per heavy atom. The van der Waals surface area contributed by atoms with Crippen LogP contribution < -0.4 is 10.6 Å². The van der Waals surface area contributed by atoms with Gasteiger partial charge in [-0.25, -0.2) is 0 Å². The first-order valence-corrected chi connectivity index (χ1v) is 14.7. The summed E-state index contributed by atoms with van der Waals surface area (Å²) in [7, 11) is 0. The summed E-state index contributed by atoms with van der Waals surface area (Å²) in [5, 5.41) is 8.31. The lowest BCUT2D eigenvalue weighted by atomic mass is 9.68. The summed E-state index contributed by atoms with van der Waals surface area (Å²) >= 11 is 14.0. The number of carbonyl (C=O) groups excluding carboxylic acids is 1. The standard InChI is InChI=1S/C30H30Cl2N2OS/c31-23-10-8-22(25(32)16-23)17-36-13-12-33-30(35)21-9-11-26-24(15-21)27-19-6-7-20(14-19)28(27)29(34-26)18-4-2-1-3-5-18/h1-5,8-11,15-16,19-20,27-29,34H,6-7,12-14,17H2,(H,33,35)/t19-,20-,27-,28+,29-/m0/s1. The summed E-state index contributed by atoms with van der Waals surface area (Å²) in [6, 6.07) is 23.1. The molecule has 6 heteroatoms. The van der Waals surface area contributed by atoms with E-state index in [1.807, 2.05) is 18.2 Å². The first-order valence-electron chi connectivity index (χ1n) is 12.8. The van der Waals surface area contributed by atoms with Gasteiger partial charge in [0.25, 0.3) is 5.91 Å². The normalized spacial score (nSPS) is 25.7. The van der Waals surface area contributed by atoms with Gasteiger partial charge in [0.15, 0.2) is 0 Å². The van der Waals surface area contributed by atoms with Crippen LogP contribution in [0.5, 0.6) is 0 Å². The Balaban J connectivity index is 1.12. The highest BCUT2D eigenvalue weighted by molar-refractivity contribution is 7.98. The van der Waals surface area contributed by atoms with E-state index in [0.29, 0.717) is 34.5 Å². The van der Waals surface area contributed by atoms with Gasteiger partial charge in [-0.1, -0.05) is 59.6 Å². The highest BCUT2D eigenvalue weighted by Crippen LogP contribution is 2.63. The minimum Gasteiger partial charge on any atom is -0.378 e. The molecule has 0 spiro atoms. The quantitative estimate of drug-likeness (QED) is 0.301. The molecule has 3 aliphatic rings. The maximum atomic E-state index is 13.0. The van der Waals surface area contributed by atoms with Crippen molar-refractivity contribution in [2.75, 3.05) is 17.6 Å². The van der Waals surface area contributed by atoms with E-state index in [1.54, 1.807) is 17.8 Å². The van der Waals surface area contributed by atoms with Crippen LogP contribution in [0.1, 0.15) is 58.3 Å². The number of rotatable bonds is 7. The zero-order valence-electron chi connectivity index (χ0n) is 20.1. The van der Waals surface area contributed by atoms with Gasteiger partial charge < -0.3 is 10.6 Å². The Kier molecular flexibility index (Phi) is 6.94. The maximum absolute atomic E-state index is 13.0. The van der Waals surface area contributed by atoms with Crippen molar-refractivity contribution in [1.82, 2.24) is 5.32 Å². The largest absolute Gasteiger partial charge is 0.378 e. The fraction of sp³-hybridized carbons (Fsp3) is 0.367. The molecule has 3 nitrogen and oxygen atoms in total. The predicted octanol–water partition coefficient (Wildman–Crippen LogP) is 7.95. The van der Waals surface area contributed by atoms with Crippen LogP contribution in [0, 0.1) is 17.8 Å². The molecule has 2 aliphatic carbocycles. The number of nitrogens with one attached hydrogen (secondary N) is 2. The Hall–Kier alpha value is -2.14. The molecule has 2 saturated carbocycles. The van der Waals surface area contributed by atoms with Crippen molar-refractivity contribution in [3.63, 3.8) is 0 Å². The van der Waals surface area contributed by atoms with E-state index in [9.17, 15) is 4.79 Å². The highest BCUT2D eigenvalue weighted by Gasteiger charge is 2.53. The average molecular weight is 538 g/mol. The molecule has 186 valence electrons. The summed E-state index contributed by atoms with van der Waals surface area (Å²) in [6.45, 7) is 0.622. The average Bonchev–Trinajstić information content (AvgIpc) is 3.52. The predicted molar refractivity (Wildman–Crippen MR) is 151 cm³/mol. The van der Waals surface area contributed by atoms with Crippen molar-refractivity contribution in [2.45, 2.75) is 37.0 Å². The molecule has 1 aliphatic heterocycles. The molecule has 1 heterocycles. The van der Waals surface area contributed by atoms with E-state index in [-0.39, 0.29) is 5.91 Å². The SMILES string of the molecule is O=C(NCCSCc1ccc(Cl)cc1Cl)c1ccc2c(c1)[C@@H]1[C@H]3CC[C@@H](C3)[C@H]1[C@H](c1ccccc1)N2. The van der Waals surface area contributed by atoms with Gasteiger partial charge in [0.1, 0.15) is 0 Å². The Labute approximate surface area is 227 Å². The van der Waals surface area contributed by atoms with E-state index in [0.717, 1.165) is 34.5 Å². The number of benzene rings is 3. The number of anilines is 1. The number of amides is 1. The summed E-state index contributed by atoms with van der Waals surface area (Å²) < 4.78 is 0. The second-order valence-electron chi connectivity index (χ2n) is 10.3. The molecule has 0 saturated heterocycles. The molecule has 5 atom stereocenters. The smallest absolute Gasteiger partial charge is 0.251 e. The van der Waals surface area contributed by atoms with Crippen LogP contribution in [0.2, 0.25) is 10.0 Å². The molecular formula is C30H30Cl2N2OS. The van der Waals surface area contributed by atoms with Gasteiger partial charge in [0.05, 0.1) is 6.04 Å². The number of carbonyl (C=O) groups is 1. The third-order valence-electron chi connectivity index (χ3n) is 8.31. The fourth-order valence-electron chi connectivity index (χ4n) is 6.78. The molecule has 2 N–H and O–H groups in total. The molecule has 0 aromatic heterocycles. The zero-order valence-corrected chi connectivity index (χ0v) is 22.4. The minimum absolute atomic E-state index is 0.00724. The molecule has 3 aromatic rings. The molecule has 3 aromatic carbocycles. The van der Waals surface area contributed by atoms with Gasteiger partial charge in [0, 0.05) is 39.3 Å². The lowest BCUT2D eigenvalue weighted by Crippen LogP contribution is -2.35. The Morgan fingerprint density at radius 2 is 1.83 bits per heavy atom. The first-order chi connectivity index (χ1) is 17.6. The molecule has 6 rings (SSSR count). The minimum atomic E-state index is 0.00724. The first kappa shape index (κ1) is 24.2. The van der Waals surface area contributed by atoms with Crippen molar-refractivity contribution in [1.29, 1.82) is 0 Å². The molecular weight excluding hydrogens is 507 g/mol. The number of halogens is 2. The van der Waals surface area contributed by atoms with E-state index in [4.69, 9.17) is 23.2 Å². The Bertz CT molecular complexity index is 1270. The maximum Gasteiger partial charge on any atom is 0.251 e.